The van der Waals surface area contributed by atoms with Crippen LogP contribution in [0.25, 0.3) is 43.1 Å². The van der Waals surface area contributed by atoms with Gasteiger partial charge in [0.2, 0.25) is 0 Å². The molecule has 0 radical (unpaired) electrons. The molecule has 7 aromatic rings. The highest BCUT2D eigenvalue weighted by Gasteiger charge is 2.22. The topological polar surface area (TPSA) is 259 Å². The van der Waals surface area contributed by atoms with Gasteiger partial charge >= 0.3 is 0 Å². The Morgan fingerprint density at radius 1 is 0.269 bits per heavy atom. The molecule has 258 valence electrons. The van der Waals surface area contributed by atoms with Crippen LogP contribution in [-0.2, 0) is 0 Å². The van der Waals surface area contributed by atoms with Gasteiger partial charge < -0.3 is 0 Å². The summed E-state index contributed by atoms with van der Waals surface area (Å²) in [5, 5.41) is 72.4. The molecule has 52 heavy (non-hydrogen) atoms. The third kappa shape index (κ3) is 7.65. The molecule has 0 aliphatic heterocycles. The van der Waals surface area contributed by atoms with E-state index in [0.717, 1.165) is 0 Å². The van der Waals surface area contributed by atoms with E-state index < -0.39 is 63.7 Å². The SMILES string of the molecule is O=[N+]([O-])c1cc([N+](=O)[O-])cc([N+](=O)[O-])c1.O=[N+]([O-])c1cc([N+](=O)[O-])cc([N+](=O)[O-])c1.c1ccc2c(c1)ccc1cc3c(ccc4ccccc43)cc12. The summed E-state index contributed by atoms with van der Waals surface area (Å²) >= 11 is 0. The number of non-ortho nitro benzene ring substituents is 6. The van der Waals surface area contributed by atoms with Gasteiger partial charge in [-0.2, -0.15) is 0 Å². The fourth-order valence-electron chi connectivity index (χ4n) is 5.30. The number of nitro groups is 6. The standard InChI is InChI=1S/C22H14.2C6H3N3O6/c1-3-7-19-15(5-1)9-11-17-14-22-18(13-21(17)19)12-10-16-6-2-4-8-20(16)22;2*10-7(11)4-1-5(8(12)13)3-6(2-4)9(14)15/h1-14H;2*1-3H. The number of hydrogen-bond donors (Lipinski definition) is 0. The maximum atomic E-state index is 10.3. The van der Waals surface area contributed by atoms with Crippen molar-refractivity contribution < 1.29 is 29.5 Å². The van der Waals surface area contributed by atoms with Crippen LogP contribution in [0, 0.1) is 60.7 Å². The molecule has 18 nitrogen and oxygen atoms in total. The largest absolute Gasteiger partial charge is 0.283 e. The zero-order chi connectivity index (χ0) is 37.7. The van der Waals surface area contributed by atoms with Gasteiger partial charge in [0.15, 0.2) is 0 Å². The first-order valence-corrected chi connectivity index (χ1v) is 14.6. The Balaban J connectivity index is 0.000000157. The fourth-order valence-corrected chi connectivity index (χ4v) is 5.30. The Kier molecular flexibility index (Phi) is 9.92. The lowest BCUT2D eigenvalue weighted by atomic mass is 9.95. The molecule has 0 saturated carbocycles. The average molecular weight is 705 g/mol. The summed E-state index contributed by atoms with van der Waals surface area (Å²) in [7, 11) is 0. The second-order valence-corrected chi connectivity index (χ2v) is 10.8. The van der Waals surface area contributed by atoms with Crippen LogP contribution in [0.15, 0.2) is 121 Å². The molecule has 0 heterocycles. The molecule has 7 rings (SSSR count). The molecule has 0 fully saturated rings. The minimum absolute atomic E-state index is 0.660. The number of rotatable bonds is 6. The zero-order valence-corrected chi connectivity index (χ0v) is 26.1. The van der Waals surface area contributed by atoms with E-state index in [4.69, 9.17) is 0 Å². The predicted octanol–water partition coefficient (Wildman–Crippen LogP) is 9.12. The molecule has 7 aromatic carbocycles. The van der Waals surface area contributed by atoms with Crippen molar-refractivity contribution in [1.29, 1.82) is 0 Å². The van der Waals surface area contributed by atoms with E-state index in [2.05, 4.69) is 84.9 Å². The normalized spacial score (nSPS) is 10.5. The molecular weight excluding hydrogens is 684 g/mol. The van der Waals surface area contributed by atoms with E-state index >= 15 is 0 Å². The molecule has 0 atom stereocenters. The Morgan fingerprint density at radius 2 is 0.500 bits per heavy atom. The first-order chi connectivity index (χ1) is 24.7. The monoisotopic (exact) mass is 704 g/mol. The molecule has 0 aliphatic carbocycles. The molecule has 0 aliphatic rings. The van der Waals surface area contributed by atoms with E-state index in [1.165, 1.54) is 43.1 Å². The van der Waals surface area contributed by atoms with E-state index in [-0.39, 0.29) is 0 Å². The van der Waals surface area contributed by atoms with Crippen LogP contribution in [0.1, 0.15) is 0 Å². The van der Waals surface area contributed by atoms with E-state index in [1.54, 1.807) is 0 Å². The zero-order valence-electron chi connectivity index (χ0n) is 26.1. The Bertz CT molecular complexity index is 2290. The summed E-state index contributed by atoms with van der Waals surface area (Å²) in [4.78, 5) is 56.3. The van der Waals surface area contributed by atoms with Crippen molar-refractivity contribution in [3.8, 4) is 0 Å². The smallest absolute Gasteiger partial charge is 0.258 e. The molecule has 0 aromatic heterocycles. The summed E-state index contributed by atoms with van der Waals surface area (Å²) < 4.78 is 0. The molecule has 18 heteroatoms. The van der Waals surface area contributed by atoms with E-state index in [1.807, 2.05) is 0 Å². The minimum atomic E-state index is -0.931. The Morgan fingerprint density at radius 3 is 0.750 bits per heavy atom. The number of fused-ring (bicyclic) bond motifs is 6. The van der Waals surface area contributed by atoms with E-state index in [0.29, 0.717) is 36.4 Å². The van der Waals surface area contributed by atoms with Gasteiger partial charge in [-0.25, -0.2) is 0 Å². The summed E-state index contributed by atoms with van der Waals surface area (Å²) in [6.07, 6.45) is 0. The third-order valence-corrected chi connectivity index (χ3v) is 7.65. The van der Waals surface area contributed by atoms with Crippen LogP contribution in [0.2, 0.25) is 0 Å². The second-order valence-electron chi connectivity index (χ2n) is 10.8. The maximum Gasteiger partial charge on any atom is 0.283 e. The highest BCUT2D eigenvalue weighted by molar-refractivity contribution is 6.17. The van der Waals surface area contributed by atoms with Gasteiger partial charge in [0.05, 0.1) is 65.9 Å². The first kappa shape index (κ1) is 35.3. The Hall–Kier alpha value is -8.02. The van der Waals surface area contributed by atoms with Crippen LogP contribution in [0.3, 0.4) is 0 Å². The third-order valence-electron chi connectivity index (χ3n) is 7.65. The van der Waals surface area contributed by atoms with Gasteiger partial charge in [0.25, 0.3) is 34.1 Å². The van der Waals surface area contributed by atoms with Crippen molar-refractivity contribution >= 4 is 77.2 Å². The number of benzene rings is 7. The van der Waals surface area contributed by atoms with Crippen LogP contribution in [0.5, 0.6) is 0 Å². The number of hydrogen-bond acceptors (Lipinski definition) is 12. The number of nitrogens with zero attached hydrogens (tertiary/aromatic N) is 6. The lowest BCUT2D eigenvalue weighted by Crippen LogP contribution is -1.96. The quantitative estimate of drug-likeness (QED) is 0.0679. The van der Waals surface area contributed by atoms with Crippen LogP contribution < -0.4 is 0 Å². The molecule has 0 bridgehead atoms. The molecular formula is C34H20N6O12. The lowest BCUT2D eigenvalue weighted by Gasteiger charge is -2.08. The molecule has 0 saturated heterocycles. The van der Waals surface area contributed by atoms with Gasteiger partial charge in [-0.1, -0.05) is 72.8 Å². The predicted molar refractivity (Wildman–Crippen MR) is 189 cm³/mol. The fraction of sp³-hybridized carbons (Fsp3) is 0. The number of nitro benzene ring substituents is 6. The molecule has 0 amide bonds. The van der Waals surface area contributed by atoms with Crippen LogP contribution in [0.4, 0.5) is 34.1 Å². The van der Waals surface area contributed by atoms with Gasteiger partial charge in [-0.15, -0.1) is 0 Å². The van der Waals surface area contributed by atoms with Crippen molar-refractivity contribution in [2.24, 2.45) is 0 Å². The molecule has 0 N–H and O–H groups in total. The second kappa shape index (κ2) is 14.6. The Labute approximate surface area is 288 Å². The molecule has 0 spiro atoms. The molecule has 0 unspecified atom stereocenters. The summed E-state index contributed by atoms with van der Waals surface area (Å²) in [6.45, 7) is 0. The van der Waals surface area contributed by atoms with Crippen LogP contribution in [-0.4, -0.2) is 29.5 Å². The minimum Gasteiger partial charge on any atom is -0.258 e. The summed E-state index contributed by atoms with van der Waals surface area (Å²) in [5.41, 5.74) is -4.11. The van der Waals surface area contributed by atoms with Crippen molar-refractivity contribution in [2.75, 3.05) is 0 Å². The van der Waals surface area contributed by atoms with Gasteiger partial charge in [0, 0.05) is 0 Å². The van der Waals surface area contributed by atoms with Crippen LogP contribution >= 0.6 is 0 Å². The van der Waals surface area contributed by atoms with E-state index in [9.17, 15) is 60.7 Å². The van der Waals surface area contributed by atoms with Crippen molar-refractivity contribution in [3.63, 3.8) is 0 Å². The average Bonchev–Trinajstić information content (AvgIpc) is 3.14. The van der Waals surface area contributed by atoms with Gasteiger partial charge in [-0.05, 0) is 55.2 Å². The highest BCUT2D eigenvalue weighted by atomic mass is 16.6. The first-order valence-electron chi connectivity index (χ1n) is 14.6. The summed E-state index contributed by atoms with van der Waals surface area (Å²) in [5.74, 6) is 0. The van der Waals surface area contributed by atoms with Crippen molar-refractivity contribution in [3.05, 3.63) is 182 Å². The van der Waals surface area contributed by atoms with Gasteiger partial charge in [0.1, 0.15) is 0 Å². The van der Waals surface area contributed by atoms with Crippen molar-refractivity contribution in [1.82, 2.24) is 0 Å². The highest BCUT2D eigenvalue weighted by Crippen LogP contribution is 2.33. The maximum absolute atomic E-state index is 10.3. The van der Waals surface area contributed by atoms with Gasteiger partial charge in [-0.3, -0.25) is 60.7 Å². The van der Waals surface area contributed by atoms with Crippen molar-refractivity contribution in [2.45, 2.75) is 0 Å². The lowest BCUT2D eigenvalue weighted by molar-refractivity contribution is -0.403. The summed E-state index contributed by atoms with van der Waals surface area (Å²) in [6, 6.07) is 34.7.